The number of methoxy groups -OCH3 is 1. The lowest BCUT2D eigenvalue weighted by atomic mass is 9.70. The van der Waals surface area contributed by atoms with Gasteiger partial charge in [0.05, 0.1) is 5.60 Å². The molecule has 0 heterocycles. The van der Waals surface area contributed by atoms with Crippen molar-refractivity contribution in [3.8, 4) is 0 Å². The van der Waals surface area contributed by atoms with E-state index in [1.807, 2.05) is 0 Å². The fraction of sp³-hybridized carbons (Fsp3) is 0.647. The van der Waals surface area contributed by atoms with E-state index in [4.69, 9.17) is 4.74 Å². The molecule has 0 aromatic heterocycles. The highest BCUT2D eigenvalue weighted by molar-refractivity contribution is 5.34. The van der Waals surface area contributed by atoms with Gasteiger partial charge in [-0.15, -0.1) is 0 Å². The highest BCUT2D eigenvalue weighted by Crippen LogP contribution is 2.43. The van der Waals surface area contributed by atoms with Crippen LogP contribution in [0, 0.1) is 5.41 Å². The highest BCUT2D eigenvalue weighted by atomic mass is 16.5. The zero-order valence-electron chi connectivity index (χ0n) is 12.9. The van der Waals surface area contributed by atoms with E-state index in [-0.39, 0.29) is 11.0 Å². The van der Waals surface area contributed by atoms with E-state index in [0.717, 1.165) is 6.54 Å². The number of hydrogen-bond acceptors (Lipinski definition) is 2. The van der Waals surface area contributed by atoms with Crippen LogP contribution in [0.3, 0.4) is 0 Å². The zero-order valence-corrected chi connectivity index (χ0v) is 12.9. The summed E-state index contributed by atoms with van der Waals surface area (Å²) < 4.78 is 5.52. The first kappa shape index (κ1) is 14.5. The fourth-order valence-electron chi connectivity index (χ4n) is 2.87. The molecule has 2 rings (SSSR count). The number of benzene rings is 1. The van der Waals surface area contributed by atoms with E-state index >= 15 is 0 Å². The molecule has 1 N–H and O–H groups in total. The molecule has 0 aliphatic heterocycles. The van der Waals surface area contributed by atoms with Crippen LogP contribution in [0.4, 0.5) is 0 Å². The van der Waals surface area contributed by atoms with Crippen molar-refractivity contribution >= 4 is 0 Å². The predicted molar refractivity (Wildman–Crippen MR) is 80.4 cm³/mol. The molecular formula is C17H27NO. The maximum Gasteiger partial charge on any atom is 0.0746 e. The van der Waals surface area contributed by atoms with E-state index in [9.17, 15) is 0 Å². The molecule has 1 aliphatic rings. The summed E-state index contributed by atoms with van der Waals surface area (Å²) in [4.78, 5) is 0. The first-order valence-electron chi connectivity index (χ1n) is 7.22. The Hall–Kier alpha value is -0.860. The summed E-state index contributed by atoms with van der Waals surface area (Å²) in [6.45, 7) is 9.84. The van der Waals surface area contributed by atoms with Gasteiger partial charge in [0.2, 0.25) is 0 Å². The molecule has 1 aliphatic carbocycles. The van der Waals surface area contributed by atoms with Gasteiger partial charge in [0, 0.05) is 19.7 Å². The zero-order chi connectivity index (χ0) is 14.1. The Bertz CT molecular complexity index is 437. The molecule has 0 amide bonds. The summed E-state index contributed by atoms with van der Waals surface area (Å²) >= 11 is 0. The number of fused-ring (bicyclic) bond motifs is 1. The first-order chi connectivity index (χ1) is 8.86. The number of rotatable bonds is 4. The minimum absolute atomic E-state index is 0.123. The molecule has 0 radical (unpaired) electrons. The molecule has 19 heavy (non-hydrogen) atoms. The molecule has 1 aromatic carbocycles. The standard InChI is InChI=1S/C17H27NO/c1-16(2)11-10-13-8-6-7-9-14(13)15(16)18-12-17(3,4)19-5/h6-9,15,18H,10-12H2,1-5H3. The Morgan fingerprint density at radius 3 is 2.68 bits per heavy atom. The largest absolute Gasteiger partial charge is 0.377 e. The number of aryl methyl sites for hydroxylation is 1. The summed E-state index contributed by atoms with van der Waals surface area (Å²) in [5.74, 6) is 0. The second-order valence-corrected chi connectivity index (χ2v) is 6.97. The van der Waals surface area contributed by atoms with Crippen LogP contribution in [0.5, 0.6) is 0 Å². The Kier molecular flexibility index (Phi) is 4.03. The summed E-state index contributed by atoms with van der Waals surface area (Å²) in [5, 5.41) is 3.73. The molecule has 0 bridgehead atoms. The molecule has 0 fully saturated rings. The van der Waals surface area contributed by atoms with Crippen molar-refractivity contribution < 1.29 is 4.74 Å². The third-order valence-electron chi connectivity index (χ3n) is 4.47. The summed E-state index contributed by atoms with van der Waals surface area (Å²) in [6.07, 6.45) is 2.42. The summed E-state index contributed by atoms with van der Waals surface area (Å²) in [6, 6.07) is 9.24. The Balaban J connectivity index is 2.21. The lowest BCUT2D eigenvalue weighted by molar-refractivity contribution is 0.0158. The van der Waals surface area contributed by atoms with Gasteiger partial charge in [0.25, 0.3) is 0 Å². The van der Waals surface area contributed by atoms with Crippen LogP contribution < -0.4 is 5.32 Å². The van der Waals surface area contributed by atoms with Crippen molar-refractivity contribution in [2.75, 3.05) is 13.7 Å². The van der Waals surface area contributed by atoms with Crippen LogP contribution in [0.15, 0.2) is 24.3 Å². The molecule has 0 saturated heterocycles. The number of nitrogens with one attached hydrogen (secondary N) is 1. The Morgan fingerprint density at radius 1 is 1.32 bits per heavy atom. The summed E-state index contributed by atoms with van der Waals surface area (Å²) in [7, 11) is 1.78. The van der Waals surface area contributed by atoms with E-state index in [1.54, 1.807) is 7.11 Å². The number of hydrogen-bond donors (Lipinski definition) is 1. The molecule has 1 aromatic rings. The Labute approximate surface area is 117 Å². The molecule has 2 heteroatoms. The van der Waals surface area contributed by atoms with Crippen LogP contribution in [0.2, 0.25) is 0 Å². The fourth-order valence-corrected chi connectivity index (χ4v) is 2.87. The average molecular weight is 261 g/mol. The third kappa shape index (κ3) is 3.18. The highest BCUT2D eigenvalue weighted by Gasteiger charge is 2.36. The second kappa shape index (κ2) is 5.26. The molecule has 106 valence electrons. The van der Waals surface area contributed by atoms with Crippen LogP contribution in [0.1, 0.15) is 51.3 Å². The van der Waals surface area contributed by atoms with E-state index in [2.05, 4.69) is 57.3 Å². The van der Waals surface area contributed by atoms with Gasteiger partial charge >= 0.3 is 0 Å². The summed E-state index contributed by atoms with van der Waals surface area (Å²) in [5.41, 5.74) is 3.13. The third-order valence-corrected chi connectivity index (χ3v) is 4.47. The molecule has 0 spiro atoms. The smallest absolute Gasteiger partial charge is 0.0746 e. The van der Waals surface area contributed by atoms with Crippen molar-refractivity contribution in [3.63, 3.8) is 0 Å². The minimum Gasteiger partial charge on any atom is -0.377 e. The van der Waals surface area contributed by atoms with Gasteiger partial charge in [-0.2, -0.15) is 0 Å². The van der Waals surface area contributed by atoms with E-state index in [0.29, 0.717) is 6.04 Å². The SMILES string of the molecule is COC(C)(C)CNC1c2ccccc2CCC1(C)C. The Morgan fingerprint density at radius 2 is 2.00 bits per heavy atom. The molecule has 1 atom stereocenters. The van der Waals surface area contributed by atoms with Gasteiger partial charge in [-0.25, -0.2) is 0 Å². The molecule has 1 unspecified atom stereocenters. The average Bonchev–Trinajstić information content (AvgIpc) is 2.37. The maximum atomic E-state index is 5.52. The van der Waals surface area contributed by atoms with Gasteiger partial charge in [-0.1, -0.05) is 38.1 Å². The minimum atomic E-state index is -0.123. The molecule has 0 saturated carbocycles. The predicted octanol–water partition coefficient (Wildman–Crippen LogP) is 3.71. The maximum absolute atomic E-state index is 5.52. The lowest BCUT2D eigenvalue weighted by Crippen LogP contribution is -2.44. The first-order valence-corrected chi connectivity index (χ1v) is 7.22. The van der Waals surface area contributed by atoms with Crippen LogP contribution in [-0.4, -0.2) is 19.3 Å². The normalized spacial score (nSPS) is 22.1. The van der Waals surface area contributed by atoms with E-state index < -0.39 is 0 Å². The van der Waals surface area contributed by atoms with Crippen LogP contribution in [-0.2, 0) is 11.2 Å². The van der Waals surface area contributed by atoms with Crippen LogP contribution >= 0.6 is 0 Å². The van der Waals surface area contributed by atoms with Gasteiger partial charge in [0.1, 0.15) is 0 Å². The molecular weight excluding hydrogens is 234 g/mol. The van der Waals surface area contributed by atoms with Gasteiger partial charge in [0.15, 0.2) is 0 Å². The van der Waals surface area contributed by atoms with Crippen molar-refractivity contribution in [2.45, 2.75) is 52.2 Å². The van der Waals surface area contributed by atoms with Crippen LogP contribution in [0.25, 0.3) is 0 Å². The quantitative estimate of drug-likeness (QED) is 0.892. The number of ether oxygens (including phenoxy) is 1. The topological polar surface area (TPSA) is 21.3 Å². The van der Waals surface area contributed by atoms with Gasteiger partial charge in [-0.05, 0) is 43.2 Å². The van der Waals surface area contributed by atoms with Gasteiger partial charge < -0.3 is 10.1 Å². The van der Waals surface area contributed by atoms with Gasteiger partial charge in [-0.3, -0.25) is 0 Å². The second-order valence-electron chi connectivity index (χ2n) is 6.97. The van der Waals surface area contributed by atoms with Crippen molar-refractivity contribution in [1.29, 1.82) is 0 Å². The van der Waals surface area contributed by atoms with Crippen molar-refractivity contribution in [3.05, 3.63) is 35.4 Å². The van der Waals surface area contributed by atoms with Crippen molar-refractivity contribution in [2.24, 2.45) is 5.41 Å². The lowest BCUT2D eigenvalue weighted by Gasteiger charge is -2.42. The van der Waals surface area contributed by atoms with Crippen molar-refractivity contribution in [1.82, 2.24) is 5.32 Å². The monoisotopic (exact) mass is 261 g/mol. The van der Waals surface area contributed by atoms with E-state index in [1.165, 1.54) is 24.0 Å². The molecule has 2 nitrogen and oxygen atoms in total.